The van der Waals surface area contributed by atoms with E-state index < -0.39 is 0 Å². The van der Waals surface area contributed by atoms with Crippen molar-refractivity contribution < 1.29 is 9.53 Å². The van der Waals surface area contributed by atoms with Crippen molar-refractivity contribution in [2.75, 3.05) is 36.9 Å². The number of esters is 1. The van der Waals surface area contributed by atoms with Gasteiger partial charge in [0.15, 0.2) is 5.82 Å². The summed E-state index contributed by atoms with van der Waals surface area (Å²) in [6, 6.07) is 17.1. The average molecular weight is 554 g/mol. The maximum absolute atomic E-state index is 12.7. The number of ether oxygens (including phenoxy) is 1. The van der Waals surface area contributed by atoms with Crippen LogP contribution in [-0.4, -0.2) is 68.1 Å². The van der Waals surface area contributed by atoms with E-state index in [-0.39, 0.29) is 12.0 Å². The summed E-state index contributed by atoms with van der Waals surface area (Å²) in [4.78, 5) is 37.2. The number of hydrogen-bond acceptors (Lipinski definition) is 11. The third-order valence-electron chi connectivity index (χ3n) is 6.47. The van der Waals surface area contributed by atoms with Gasteiger partial charge in [-0.15, -0.1) is 0 Å². The highest BCUT2D eigenvalue weighted by Crippen LogP contribution is 2.20. The van der Waals surface area contributed by atoms with Gasteiger partial charge in [0, 0.05) is 50.0 Å². The Balaban J connectivity index is 1.20. The van der Waals surface area contributed by atoms with Crippen molar-refractivity contribution in [1.29, 1.82) is 0 Å². The molecule has 4 aromatic rings. The zero-order valence-electron chi connectivity index (χ0n) is 23.5. The van der Waals surface area contributed by atoms with Gasteiger partial charge in [0.2, 0.25) is 5.95 Å². The van der Waals surface area contributed by atoms with E-state index in [0.29, 0.717) is 54.7 Å². The highest BCUT2D eigenvalue weighted by molar-refractivity contribution is 5.76. The fourth-order valence-corrected chi connectivity index (χ4v) is 4.41. The highest BCUT2D eigenvalue weighted by Gasteiger charge is 2.30. The van der Waals surface area contributed by atoms with E-state index in [1.54, 1.807) is 24.5 Å². The van der Waals surface area contributed by atoms with Crippen LogP contribution in [0.1, 0.15) is 25.1 Å². The van der Waals surface area contributed by atoms with Gasteiger partial charge in [0.1, 0.15) is 23.4 Å². The predicted molar refractivity (Wildman–Crippen MR) is 158 cm³/mol. The first-order chi connectivity index (χ1) is 19.9. The number of aromatic nitrogens is 5. The molecule has 212 valence electrons. The Kier molecular flexibility index (Phi) is 9.07. The first kappa shape index (κ1) is 28.1. The first-order valence-corrected chi connectivity index (χ1v) is 13.8. The largest absolute Gasteiger partial charge is 0.464 e. The Morgan fingerprint density at radius 3 is 2.56 bits per heavy atom. The third-order valence-corrected chi connectivity index (χ3v) is 6.47. The molecule has 3 aromatic heterocycles. The lowest BCUT2D eigenvalue weighted by Gasteiger charge is -2.34. The van der Waals surface area contributed by atoms with Crippen molar-refractivity contribution in [2.24, 2.45) is 5.92 Å². The Morgan fingerprint density at radius 2 is 1.78 bits per heavy atom. The number of anilines is 4. The molecule has 1 saturated heterocycles. The van der Waals surface area contributed by atoms with E-state index in [1.807, 2.05) is 63.2 Å². The molecule has 1 aliphatic rings. The summed E-state index contributed by atoms with van der Waals surface area (Å²) < 4.78 is 5.51. The Hall–Kier alpha value is -4.48. The number of rotatable bonds is 10. The zero-order valence-corrected chi connectivity index (χ0v) is 23.5. The number of carbonyl (C=O) groups excluding carboxylic acids is 1. The molecule has 3 N–H and O–H groups in total. The molecule has 0 saturated carbocycles. The molecule has 1 aromatic carbocycles. The molecule has 0 aliphatic carbocycles. The summed E-state index contributed by atoms with van der Waals surface area (Å²) in [7, 11) is 0. The van der Waals surface area contributed by atoms with Crippen molar-refractivity contribution in [2.45, 2.75) is 33.4 Å². The topological polar surface area (TPSA) is 130 Å². The van der Waals surface area contributed by atoms with Crippen LogP contribution < -0.4 is 16.0 Å². The second kappa shape index (κ2) is 13.2. The van der Waals surface area contributed by atoms with Gasteiger partial charge in [0.25, 0.3) is 0 Å². The second-order valence-corrected chi connectivity index (χ2v) is 10.4. The molecule has 0 radical (unpaired) electrons. The third kappa shape index (κ3) is 7.80. The van der Waals surface area contributed by atoms with Crippen molar-refractivity contribution in [3.63, 3.8) is 0 Å². The lowest BCUT2D eigenvalue weighted by atomic mass is 10.1. The van der Waals surface area contributed by atoms with Crippen LogP contribution in [0.2, 0.25) is 0 Å². The molecular weight excluding hydrogens is 518 g/mol. The van der Waals surface area contributed by atoms with Gasteiger partial charge >= 0.3 is 5.97 Å². The molecule has 0 amide bonds. The summed E-state index contributed by atoms with van der Waals surface area (Å²) in [6.07, 6.45) is 3.37. The minimum atomic E-state index is -0.289. The van der Waals surface area contributed by atoms with Gasteiger partial charge in [-0.3, -0.25) is 9.69 Å². The second-order valence-electron chi connectivity index (χ2n) is 10.4. The molecule has 41 heavy (non-hydrogen) atoms. The first-order valence-electron chi connectivity index (χ1n) is 13.8. The Labute approximate surface area is 239 Å². The van der Waals surface area contributed by atoms with Gasteiger partial charge in [-0.2, -0.15) is 4.98 Å². The number of nitrogens with zero attached hydrogens (tertiary/aromatic N) is 6. The lowest BCUT2D eigenvalue weighted by molar-refractivity contribution is -0.152. The zero-order chi connectivity index (χ0) is 28.6. The van der Waals surface area contributed by atoms with E-state index >= 15 is 0 Å². The molecule has 11 heteroatoms. The maximum Gasteiger partial charge on any atom is 0.324 e. The minimum absolute atomic E-state index is 0.167. The summed E-state index contributed by atoms with van der Waals surface area (Å²) in [5.41, 5.74) is 3.58. The molecule has 0 bridgehead atoms. The lowest BCUT2D eigenvalue weighted by Crippen LogP contribution is -2.55. The molecule has 0 spiro atoms. The molecule has 1 atom stereocenters. The number of pyridine rings is 1. The van der Waals surface area contributed by atoms with E-state index in [2.05, 4.69) is 45.8 Å². The summed E-state index contributed by atoms with van der Waals surface area (Å²) in [5.74, 6) is 2.32. The minimum Gasteiger partial charge on any atom is -0.464 e. The molecule has 11 nitrogen and oxygen atoms in total. The van der Waals surface area contributed by atoms with Crippen LogP contribution in [0, 0.1) is 12.8 Å². The summed E-state index contributed by atoms with van der Waals surface area (Å²) in [5, 5.41) is 9.78. The van der Waals surface area contributed by atoms with Gasteiger partial charge in [-0.05, 0) is 54.8 Å². The maximum atomic E-state index is 12.7. The quantitative estimate of drug-likeness (QED) is 0.245. The molecule has 1 fully saturated rings. The fourth-order valence-electron chi connectivity index (χ4n) is 4.41. The number of piperazine rings is 1. The summed E-state index contributed by atoms with van der Waals surface area (Å²) in [6.45, 7) is 9.33. The number of nitrogens with one attached hydrogen (secondary N) is 3. The number of carbonyl (C=O) groups is 1. The smallest absolute Gasteiger partial charge is 0.324 e. The van der Waals surface area contributed by atoms with Crippen molar-refractivity contribution in [1.82, 2.24) is 35.1 Å². The van der Waals surface area contributed by atoms with Gasteiger partial charge in [-0.1, -0.05) is 32.0 Å². The molecule has 1 aliphatic heterocycles. The molecule has 4 heterocycles. The van der Waals surface area contributed by atoms with Crippen molar-refractivity contribution >= 4 is 29.2 Å². The number of hydrogen-bond donors (Lipinski definition) is 3. The van der Waals surface area contributed by atoms with Crippen LogP contribution >= 0.6 is 0 Å². The number of aryl methyl sites for hydroxylation is 1. The van der Waals surface area contributed by atoms with E-state index in [1.165, 1.54) is 0 Å². The molecular formula is C30H35N9O2. The van der Waals surface area contributed by atoms with E-state index in [0.717, 1.165) is 30.0 Å². The van der Waals surface area contributed by atoms with Crippen molar-refractivity contribution in [3.8, 4) is 11.5 Å². The van der Waals surface area contributed by atoms with Crippen LogP contribution in [0.4, 0.5) is 23.3 Å². The average Bonchev–Trinajstić information content (AvgIpc) is 2.97. The van der Waals surface area contributed by atoms with Gasteiger partial charge in [0.05, 0.1) is 6.61 Å². The standard InChI is InChI=1S/C30H35N9O2/c1-20(2)19-41-29(40)25-17-31-15-16-39(25)18-22-7-9-23(10-8-22)35-30-33-14-12-27(38-30)36-26-11-13-32-28(37-26)24-6-4-5-21(3)34-24/h4-14,20,25,31H,15-19H2,1-3H3,(H2,32,33,35,36,37,38). The molecule has 5 rings (SSSR count). The van der Waals surface area contributed by atoms with Gasteiger partial charge in [-0.25, -0.2) is 19.9 Å². The van der Waals surface area contributed by atoms with E-state index in [9.17, 15) is 4.79 Å². The monoisotopic (exact) mass is 553 g/mol. The van der Waals surface area contributed by atoms with Crippen LogP contribution in [0.5, 0.6) is 0 Å². The van der Waals surface area contributed by atoms with Crippen LogP contribution in [0.25, 0.3) is 11.5 Å². The van der Waals surface area contributed by atoms with Crippen LogP contribution in [0.3, 0.4) is 0 Å². The van der Waals surface area contributed by atoms with Gasteiger partial charge < -0.3 is 20.7 Å². The normalized spacial score (nSPS) is 15.5. The Morgan fingerprint density at radius 1 is 1.00 bits per heavy atom. The SMILES string of the molecule is Cc1cccc(-c2nccc(Nc3ccnc(Nc4ccc(CN5CCNCC5C(=O)OCC(C)C)cc4)n3)n2)n1. The number of benzene rings is 1. The highest BCUT2D eigenvalue weighted by atomic mass is 16.5. The fraction of sp³-hybridized carbons (Fsp3) is 0.333. The van der Waals surface area contributed by atoms with Crippen LogP contribution in [0.15, 0.2) is 67.0 Å². The summed E-state index contributed by atoms with van der Waals surface area (Å²) >= 11 is 0. The van der Waals surface area contributed by atoms with E-state index in [4.69, 9.17) is 4.74 Å². The Bertz CT molecular complexity index is 1460. The molecule has 1 unspecified atom stereocenters. The van der Waals surface area contributed by atoms with Crippen molar-refractivity contribution in [3.05, 3.63) is 78.2 Å². The van der Waals surface area contributed by atoms with Crippen LogP contribution in [-0.2, 0) is 16.1 Å². The predicted octanol–water partition coefficient (Wildman–Crippen LogP) is 4.10.